The summed E-state index contributed by atoms with van der Waals surface area (Å²) >= 11 is 8.18. The number of nitrogens with zero attached hydrogens (tertiary/aromatic N) is 1. The van der Waals surface area contributed by atoms with Crippen molar-refractivity contribution in [3.05, 3.63) is 33.4 Å². The zero-order valence-corrected chi connectivity index (χ0v) is 11.0. The molecule has 0 radical (unpaired) electrons. The summed E-state index contributed by atoms with van der Waals surface area (Å²) in [5.74, 6) is 0.0941. The molecule has 0 bridgehead atoms. The Kier molecular flexibility index (Phi) is 3.51. The Morgan fingerprint density at radius 1 is 1.53 bits per heavy atom. The van der Waals surface area contributed by atoms with E-state index >= 15 is 0 Å². The van der Waals surface area contributed by atoms with Crippen molar-refractivity contribution in [3.8, 4) is 0 Å². The van der Waals surface area contributed by atoms with E-state index < -0.39 is 0 Å². The van der Waals surface area contributed by atoms with Crippen molar-refractivity contribution in [1.29, 1.82) is 0 Å². The summed E-state index contributed by atoms with van der Waals surface area (Å²) in [6.45, 7) is 1.45. The van der Waals surface area contributed by atoms with Crippen molar-refractivity contribution >= 4 is 40.1 Å². The number of benzene rings is 1. The molecular weight excluding hydrogens is 324 g/mol. The van der Waals surface area contributed by atoms with Gasteiger partial charge in [-0.05, 0) is 47.2 Å². The fourth-order valence-corrected chi connectivity index (χ4v) is 2.51. The minimum atomic E-state index is 0.0941. The molecule has 1 saturated heterocycles. The zero-order valence-electron chi connectivity index (χ0n) is 8.12. The first-order valence-electron chi connectivity index (χ1n) is 4.86. The summed E-state index contributed by atoms with van der Waals surface area (Å²) in [5.41, 5.74) is 0.757. The normalized spacial score (nSPS) is 20.7. The van der Waals surface area contributed by atoms with Crippen LogP contribution in [0.25, 0.3) is 0 Å². The van der Waals surface area contributed by atoms with Gasteiger partial charge in [-0.25, -0.2) is 0 Å². The molecule has 0 spiro atoms. The minimum absolute atomic E-state index is 0.0941. The first-order chi connectivity index (χ1) is 7.16. The molecule has 80 valence electrons. The Hall–Kier alpha value is -0.290. The number of hydrogen-bond acceptors (Lipinski definition) is 1. The second-order valence-electron chi connectivity index (χ2n) is 3.65. The second-order valence-corrected chi connectivity index (χ2v) is 5.51. The molecule has 1 unspecified atom stereocenters. The molecule has 4 heteroatoms. The maximum absolute atomic E-state index is 12.0. The minimum Gasteiger partial charge on any atom is -0.337 e. The number of alkyl halides is 1. The fourth-order valence-electron chi connectivity index (χ4n) is 1.71. The summed E-state index contributed by atoms with van der Waals surface area (Å²) in [4.78, 5) is 13.8. The van der Waals surface area contributed by atoms with E-state index in [4.69, 9.17) is 11.6 Å². The Balaban J connectivity index is 2.14. The molecular formula is C11H11ClINO. The van der Waals surface area contributed by atoms with Crippen LogP contribution >= 0.6 is 34.2 Å². The molecule has 2 rings (SSSR count). The van der Waals surface area contributed by atoms with Gasteiger partial charge in [0.05, 0.1) is 5.38 Å². The molecule has 1 atom stereocenters. The maximum atomic E-state index is 12.0. The first-order valence-corrected chi connectivity index (χ1v) is 6.37. The van der Waals surface area contributed by atoms with E-state index in [2.05, 4.69) is 22.6 Å². The number of carbonyl (C=O) groups is 1. The number of likely N-dealkylation sites (tertiary alicyclic amines) is 1. The van der Waals surface area contributed by atoms with Crippen molar-refractivity contribution < 1.29 is 4.79 Å². The third-order valence-corrected chi connectivity index (χ3v) is 3.52. The predicted molar refractivity (Wildman–Crippen MR) is 69.3 cm³/mol. The molecule has 1 aliphatic heterocycles. The van der Waals surface area contributed by atoms with E-state index in [0.717, 1.165) is 22.1 Å². The lowest BCUT2D eigenvalue weighted by atomic mass is 10.2. The molecule has 0 aliphatic carbocycles. The Bertz CT molecular complexity index is 383. The highest BCUT2D eigenvalue weighted by Gasteiger charge is 2.25. The van der Waals surface area contributed by atoms with Gasteiger partial charge in [-0.15, -0.1) is 11.6 Å². The summed E-state index contributed by atoms with van der Waals surface area (Å²) in [5, 5.41) is 0.122. The van der Waals surface area contributed by atoms with Crippen LogP contribution in [0, 0.1) is 3.57 Å². The van der Waals surface area contributed by atoms with Crippen LogP contribution in [0.1, 0.15) is 16.8 Å². The van der Waals surface area contributed by atoms with Crippen molar-refractivity contribution in [1.82, 2.24) is 4.90 Å². The van der Waals surface area contributed by atoms with Gasteiger partial charge in [-0.3, -0.25) is 4.79 Å². The molecule has 0 saturated carbocycles. The van der Waals surface area contributed by atoms with Crippen LogP contribution in [-0.2, 0) is 0 Å². The highest BCUT2D eigenvalue weighted by atomic mass is 127. The number of hydrogen-bond donors (Lipinski definition) is 0. The van der Waals surface area contributed by atoms with Gasteiger partial charge in [-0.1, -0.05) is 6.07 Å². The zero-order chi connectivity index (χ0) is 10.8. The average molecular weight is 336 g/mol. The largest absolute Gasteiger partial charge is 0.337 e. The molecule has 1 heterocycles. The summed E-state index contributed by atoms with van der Waals surface area (Å²) in [6.07, 6.45) is 0.900. The Morgan fingerprint density at radius 3 is 2.93 bits per heavy atom. The molecule has 1 fully saturated rings. The smallest absolute Gasteiger partial charge is 0.253 e. The summed E-state index contributed by atoms with van der Waals surface area (Å²) in [6, 6.07) is 7.64. The van der Waals surface area contributed by atoms with Crippen LogP contribution in [0.5, 0.6) is 0 Å². The summed E-state index contributed by atoms with van der Waals surface area (Å²) in [7, 11) is 0. The standard InChI is InChI=1S/C11H11ClINO/c12-9-4-5-14(7-9)11(15)8-2-1-3-10(13)6-8/h1-3,6,9H,4-5,7H2. The molecule has 15 heavy (non-hydrogen) atoms. The van der Waals surface area contributed by atoms with Crippen LogP contribution in [0.15, 0.2) is 24.3 Å². The van der Waals surface area contributed by atoms with Gasteiger partial charge < -0.3 is 4.90 Å². The third-order valence-electron chi connectivity index (χ3n) is 2.49. The summed E-state index contributed by atoms with van der Waals surface area (Å²) < 4.78 is 1.08. The highest BCUT2D eigenvalue weighted by molar-refractivity contribution is 14.1. The van der Waals surface area contributed by atoms with Gasteiger partial charge in [0, 0.05) is 22.2 Å². The molecule has 1 aromatic carbocycles. The van der Waals surface area contributed by atoms with Crippen LogP contribution in [-0.4, -0.2) is 29.3 Å². The SMILES string of the molecule is O=C(c1cccc(I)c1)N1CCC(Cl)C1. The van der Waals surface area contributed by atoms with E-state index in [1.54, 1.807) is 0 Å². The maximum Gasteiger partial charge on any atom is 0.253 e. The van der Waals surface area contributed by atoms with Crippen molar-refractivity contribution in [2.75, 3.05) is 13.1 Å². The monoisotopic (exact) mass is 335 g/mol. The number of halogens is 2. The van der Waals surface area contributed by atoms with Crippen LogP contribution in [0.2, 0.25) is 0 Å². The molecule has 2 nitrogen and oxygen atoms in total. The predicted octanol–water partition coefficient (Wildman–Crippen LogP) is 2.74. The van der Waals surface area contributed by atoms with Crippen molar-refractivity contribution in [2.24, 2.45) is 0 Å². The quantitative estimate of drug-likeness (QED) is 0.571. The van der Waals surface area contributed by atoms with Gasteiger partial charge >= 0.3 is 0 Å². The molecule has 0 aromatic heterocycles. The van der Waals surface area contributed by atoms with Gasteiger partial charge in [0.2, 0.25) is 0 Å². The lowest BCUT2D eigenvalue weighted by molar-refractivity contribution is 0.0793. The number of amides is 1. The van der Waals surface area contributed by atoms with Crippen molar-refractivity contribution in [2.45, 2.75) is 11.8 Å². The highest BCUT2D eigenvalue weighted by Crippen LogP contribution is 2.18. The van der Waals surface area contributed by atoms with Crippen LogP contribution < -0.4 is 0 Å². The van der Waals surface area contributed by atoms with Gasteiger partial charge in [0.15, 0.2) is 0 Å². The van der Waals surface area contributed by atoms with Gasteiger partial charge in [0.1, 0.15) is 0 Å². The Labute approximate surface area is 108 Å². The van der Waals surface area contributed by atoms with Crippen LogP contribution in [0.3, 0.4) is 0 Å². The lowest BCUT2D eigenvalue weighted by Crippen LogP contribution is -2.28. The Morgan fingerprint density at radius 2 is 2.33 bits per heavy atom. The second kappa shape index (κ2) is 4.70. The fraction of sp³-hybridized carbons (Fsp3) is 0.364. The molecule has 1 aromatic rings. The number of carbonyl (C=O) groups excluding carboxylic acids is 1. The molecule has 1 aliphatic rings. The van der Waals surface area contributed by atoms with Gasteiger partial charge in [-0.2, -0.15) is 0 Å². The third kappa shape index (κ3) is 2.64. The first kappa shape index (κ1) is 11.2. The van der Waals surface area contributed by atoms with Crippen LogP contribution in [0.4, 0.5) is 0 Å². The number of rotatable bonds is 1. The van der Waals surface area contributed by atoms with Gasteiger partial charge in [0.25, 0.3) is 5.91 Å². The van der Waals surface area contributed by atoms with E-state index in [1.165, 1.54) is 0 Å². The van der Waals surface area contributed by atoms with Crippen molar-refractivity contribution in [3.63, 3.8) is 0 Å². The van der Waals surface area contributed by atoms with E-state index in [9.17, 15) is 4.79 Å². The molecule has 0 N–H and O–H groups in total. The molecule has 1 amide bonds. The van der Waals surface area contributed by atoms with E-state index in [0.29, 0.717) is 6.54 Å². The van der Waals surface area contributed by atoms with E-state index in [-0.39, 0.29) is 11.3 Å². The lowest BCUT2D eigenvalue weighted by Gasteiger charge is -2.15. The van der Waals surface area contributed by atoms with E-state index in [1.807, 2.05) is 29.2 Å². The topological polar surface area (TPSA) is 20.3 Å². The average Bonchev–Trinajstić information content (AvgIpc) is 2.64.